The van der Waals surface area contributed by atoms with E-state index in [1.165, 1.54) is 11.3 Å². The van der Waals surface area contributed by atoms with Crippen LogP contribution in [0.4, 0.5) is 0 Å². The maximum absolute atomic E-state index is 12.6. The number of hydrogen-bond acceptors (Lipinski definition) is 5. The molecule has 126 valence electrons. The minimum absolute atomic E-state index is 0.0231. The zero-order chi connectivity index (χ0) is 17.1. The van der Waals surface area contributed by atoms with Gasteiger partial charge in [-0.05, 0) is 26.0 Å². The first-order valence-corrected chi connectivity index (χ1v) is 8.77. The van der Waals surface area contributed by atoms with Gasteiger partial charge < -0.3 is 9.80 Å². The van der Waals surface area contributed by atoms with E-state index in [2.05, 4.69) is 9.97 Å². The normalized spacial score (nSPS) is 14.8. The van der Waals surface area contributed by atoms with E-state index in [1.54, 1.807) is 6.20 Å². The van der Waals surface area contributed by atoms with E-state index in [-0.39, 0.29) is 11.8 Å². The summed E-state index contributed by atoms with van der Waals surface area (Å²) in [5.74, 6) is 0.0838. The van der Waals surface area contributed by atoms with Crippen LogP contribution in [0.25, 0.3) is 0 Å². The molecule has 0 bridgehead atoms. The highest BCUT2D eigenvalue weighted by molar-refractivity contribution is 7.13. The standard InChI is InChI=1S/C17H20N4O2S/c1-12-16(24-13(2)19-12)17(23)21-9-7-20(8-10-21)15(22)11-14-5-3-4-6-18-14/h3-6H,7-11H2,1-2H3. The van der Waals surface area contributed by atoms with Crippen molar-refractivity contribution < 1.29 is 9.59 Å². The maximum atomic E-state index is 12.6. The van der Waals surface area contributed by atoms with Crippen LogP contribution in [0.2, 0.25) is 0 Å². The average molecular weight is 344 g/mol. The average Bonchev–Trinajstić information content (AvgIpc) is 2.93. The summed E-state index contributed by atoms with van der Waals surface area (Å²) >= 11 is 1.43. The van der Waals surface area contributed by atoms with Crippen molar-refractivity contribution in [1.82, 2.24) is 19.8 Å². The second-order valence-corrected chi connectivity index (χ2v) is 7.02. The van der Waals surface area contributed by atoms with E-state index in [1.807, 2.05) is 41.8 Å². The topological polar surface area (TPSA) is 66.4 Å². The highest BCUT2D eigenvalue weighted by Gasteiger charge is 2.27. The van der Waals surface area contributed by atoms with Crippen LogP contribution in [0.3, 0.4) is 0 Å². The van der Waals surface area contributed by atoms with Crippen LogP contribution < -0.4 is 0 Å². The summed E-state index contributed by atoms with van der Waals surface area (Å²) in [5.41, 5.74) is 1.56. The van der Waals surface area contributed by atoms with Gasteiger partial charge in [-0.25, -0.2) is 4.98 Å². The van der Waals surface area contributed by atoms with Gasteiger partial charge in [0.05, 0.1) is 17.1 Å². The quantitative estimate of drug-likeness (QED) is 0.850. The second kappa shape index (κ2) is 7.09. The molecule has 1 aliphatic rings. The van der Waals surface area contributed by atoms with Crippen LogP contribution in [-0.2, 0) is 11.2 Å². The fourth-order valence-corrected chi connectivity index (χ4v) is 3.69. The van der Waals surface area contributed by atoms with Gasteiger partial charge in [0.25, 0.3) is 5.91 Å². The molecule has 1 fully saturated rings. The Morgan fingerprint density at radius 1 is 1.12 bits per heavy atom. The van der Waals surface area contributed by atoms with E-state index in [0.29, 0.717) is 37.5 Å². The van der Waals surface area contributed by atoms with Gasteiger partial charge >= 0.3 is 0 Å². The van der Waals surface area contributed by atoms with Crippen LogP contribution in [-0.4, -0.2) is 57.8 Å². The van der Waals surface area contributed by atoms with Crippen molar-refractivity contribution >= 4 is 23.2 Å². The lowest BCUT2D eigenvalue weighted by Gasteiger charge is -2.34. The maximum Gasteiger partial charge on any atom is 0.265 e. The molecule has 0 radical (unpaired) electrons. The largest absolute Gasteiger partial charge is 0.339 e. The summed E-state index contributed by atoms with van der Waals surface area (Å²) in [6.07, 6.45) is 2.00. The minimum atomic E-state index is 0.0231. The zero-order valence-corrected chi connectivity index (χ0v) is 14.7. The lowest BCUT2D eigenvalue weighted by atomic mass is 10.2. The molecule has 0 saturated carbocycles. The lowest BCUT2D eigenvalue weighted by Crippen LogP contribution is -2.51. The Labute approximate surface area is 145 Å². The fraction of sp³-hybridized carbons (Fsp3) is 0.412. The van der Waals surface area contributed by atoms with Crippen LogP contribution in [0, 0.1) is 13.8 Å². The Bertz CT molecular complexity index is 736. The van der Waals surface area contributed by atoms with Crippen molar-refractivity contribution in [2.45, 2.75) is 20.3 Å². The van der Waals surface area contributed by atoms with Crippen LogP contribution in [0.1, 0.15) is 26.1 Å². The number of rotatable bonds is 3. The van der Waals surface area contributed by atoms with Crippen molar-refractivity contribution in [3.63, 3.8) is 0 Å². The highest BCUT2D eigenvalue weighted by atomic mass is 32.1. The molecule has 6 nitrogen and oxygen atoms in total. The Morgan fingerprint density at radius 2 is 1.83 bits per heavy atom. The number of aromatic nitrogens is 2. The molecule has 24 heavy (non-hydrogen) atoms. The first-order chi connectivity index (χ1) is 11.5. The molecule has 0 spiro atoms. The molecular formula is C17H20N4O2S. The van der Waals surface area contributed by atoms with E-state index in [0.717, 1.165) is 16.4 Å². The minimum Gasteiger partial charge on any atom is -0.339 e. The van der Waals surface area contributed by atoms with Gasteiger partial charge in [0.2, 0.25) is 5.91 Å². The molecule has 2 amide bonds. The van der Waals surface area contributed by atoms with E-state index in [4.69, 9.17) is 0 Å². The van der Waals surface area contributed by atoms with Crippen LogP contribution >= 0.6 is 11.3 Å². The molecule has 0 atom stereocenters. The number of pyridine rings is 1. The Hall–Kier alpha value is -2.28. The van der Waals surface area contributed by atoms with E-state index in [9.17, 15) is 9.59 Å². The highest BCUT2D eigenvalue weighted by Crippen LogP contribution is 2.20. The Morgan fingerprint density at radius 3 is 2.42 bits per heavy atom. The number of carbonyl (C=O) groups excluding carboxylic acids is 2. The van der Waals surface area contributed by atoms with Gasteiger partial charge in [0.1, 0.15) is 4.88 Å². The molecule has 1 aliphatic heterocycles. The smallest absolute Gasteiger partial charge is 0.265 e. The van der Waals surface area contributed by atoms with Gasteiger partial charge in [0, 0.05) is 38.1 Å². The molecule has 0 aliphatic carbocycles. The first kappa shape index (κ1) is 16.6. The summed E-state index contributed by atoms with van der Waals surface area (Å²) in [7, 11) is 0. The van der Waals surface area contributed by atoms with Crippen molar-refractivity contribution in [2.24, 2.45) is 0 Å². The molecule has 0 aromatic carbocycles. The molecule has 0 unspecified atom stereocenters. The second-order valence-electron chi connectivity index (χ2n) is 5.82. The molecular weight excluding hydrogens is 324 g/mol. The summed E-state index contributed by atoms with van der Waals surface area (Å²) in [6, 6.07) is 5.57. The summed E-state index contributed by atoms with van der Waals surface area (Å²) in [4.78, 5) is 37.8. The van der Waals surface area contributed by atoms with Crippen LogP contribution in [0.5, 0.6) is 0 Å². The first-order valence-electron chi connectivity index (χ1n) is 7.95. The fourth-order valence-electron chi connectivity index (χ4n) is 2.80. The zero-order valence-electron chi connectivity index (χ0n) is 13.9. The van der Waals surface area contributed by atoms with Gasteiger partial charge in [-0.1, -0.05) is 6.07 Å². The molecule has 2 aromatic rings. The third kappa shape index (κ3) is 3.62. The number of carbonyl (C=O) groups is 2. The summed E-state index contributed by atoms with van der Waals surface area (Å²) < 4.78 is 0. The molecule has 2 aromatic heterocycles. The molecule has 3 heterocycles. The number of hydrogen-bond donors (Lipinski definition) is 0. The number of piperazine rings is 1. The van der Waals surface area contributed by atoms with Gasteiger partial charge in [-0.2, -0.15) is 0 Å². The number of nitrogens with zero attached hydrogens (tertiary/aromatic N) is 4. The summed E-state index contributed by atoms with van der Waals surface area (Å²) in [5, 5.41) is 0.903. The SMILES string of the molecule is Cc1nc(C)c(C(=O)N2CCN(C(=O)Cc3ccccn3)CC2)s1. The van der Waals surface area contributed by atoms with Gasteiger partial charge in [-0.3, -0.25) is 14.6 Å². The predicted octanol–water partition coefficient (Wildman–Crippen LogP) is 1.68. The Kier molecular flexibility index (Phi) is 4.89. The van der Waals surface area contributed by atoms with Crippen molar-refractivity contribution in [3.8, 4) is 0 Å². The molecule has 7 heteroatoms. The van der Waals surface area contributed by atoms with Crippen molar-refractivity contribution in [2.75, 3.05) is 26.2 Å². The number of thiazole rings is 1. The Balaban J connectivity index is 1.56. The third-order valence-corrected chi connectivity index (χ3v) is 5.14. The van der Waals surface area contributed by atoms with E-state index < -0.39 is 0 Å². The van der Waals surface area contributed by atoms with Crippen LogP contribution in [0.15, 0.2) is 24.4 Å². The van der Waals surface area contributed by atoms with Crippen molar-refractivity contribution in [3.05, 3.63) is 45.7 Å². The van der Waals surface area contributed by atoms with Gasteiger partial charge in [-0.15, -0.1) is 11.3 Å². The third-order valence-electron chi connectivity index (χ3n) is 4.08. The lowest BCUT2D eigenvalue weighted by molar-refractivity contribution is -0.132. The number of amides is 2. The van der Waals surface area contributed by atoms with Crippen molar-refractivity contribution in [1.29, 1.82) is 0 Å². The predicted molar refractivity (Wildman–Crippen MR) is 92.0 cm³/mol. The monoisotopic (exact) mass is 344 g/mol. The molecule has 3 rings (SSSR count). The van der Waals surface area contributed by atoms with Gasteiger partial charge in [0.15, 0.2) is 0 Å². The molecule has 0 N–H and O–H groups in total. The molecule has 1 saturated heterocycles. The van der Waals surface area contributed by atoms with E-state index >= 15 is 0 Å². The summed E-state index contributed by atoms with van der Waals surface area (Å²) in [6.45, 7) is 6.01. The number of aryl methyl sites for hydroxylation is 2.